The van der Waals surface area contributed by atoms with E-state index in [-0.39, 0.29) is 24.3 Å². The fourth-order valence-corrected chi connectivity index (χ4v) is 2.01. The molecule has 0 saturated heterocycles. The van der Waals surface area contributed by atoms with Crippen molar-refractivity contribution in [3.63, 3.8) is 0 Å². The first-order valence-corrected chi connectivity index (χ1v) is 5.24. The molecule has 1 N–H and O–H groups in total. The third-order valence-corrected chi connectivity index (χ3v) is 2.74. The van der Waals surface area contributed by atoms with Crippen LogP contribution >= 0.6 is 0 Å². The van der Waals surface area contributed by atoms with Crippen molar-refractivity contribution in [1.82, 2.24) is 0 Å². The van der Waals surface area contributed by atoms with Gasteiger partial charge in [0.15, 0.2) is 0 Å². The van der Waals surface area contributed by atoms with Crippen LogP contribution < -0.4 is 9.47 Å². The van der Waals surface area contributed by atoms with Crippen molar-refractivity contribution >= 4 is 11.9 Å². The molecule has 6 heteroatoms. The standard InChI is InChI=1S/C12H12O6/c1-16-8-3-6-5-18-12(15)10(6)11(17-2)7(8)4-9(13)14/h3H,4-5H2,1-2H3,(H,13,14). The van der Waals surface area contributed by atoms with Crippen LogP contribution in [0.4, 0.5) is 0 Å². The van der Waals surface area contributed by atoms with Crippen LogP contribution in [0.3, 0.4) is 0 Å². The van der Waals surface area contributed by atoms with Crippen LogP contribution in [0, 0.1) is 0 Å². The number of fused-ring (bicyclic) bond motifs is 1. The van der Waals surface area contributed by atoms with E-state index in [9.17, 15) is 9.59 Å². The lowest BCUT2D eigenvalue weighted by atomic mass is 10.0. The number of methoxy groups -OCH3 is 2. The SMILES string of the molecule is COc1cc2c(c(OC)c1CC(=O)O)C(=O)OC2. The summed E-state index contributed by atoms with van der Waals surface area (Å²) in [4.78, 5) is 22.5. The number of aliphatic carboxylic acids is 1. The van der Waals surface area contributed by atoms with Crippen LogP contribution in [-0.2, 0) is 22.6 Å². The van der Waals surface area contributed by atoms with E-state index in [0.29, 0.717) is 16.9 Å². The predicted octanol–water partition coefficient (Wildman–Crippen LogP) is 1.00. The number of carboxylic acids is 1. The molecule has 0 atom stereocenters. The first-order chi connectivity index (χ1) is 8.58. The number of cyclic esters (lactones) is 1. The minimum Gasteiger partial charge on any atom is -0.496 e. The molecule has 6 nitrogen and oxygen atoms in total. The minimum atomic E-state index is -1.03. The monoisotopic (exact) mass is 252 g/mol. The lowest BCUT2D eigenvalue weighted by Gasteiger charge is -2.14. The first kappa shape index (κ1) is 12.2. The number of hydrogen-bond acceptors (Lipinski definition) is 5. The summed E-state index contributed by atoms with van der Waals surface area (Å²) >= 11 is 0. The van der Waals surface area contributed by atoms with Crippen molar-refractivity contribution in [3.8, 4) is 11.5 Å². The maximum atomic E-state index is 11.6. The van der Waals surface area contributed by atoms with Crippen molar-refractivity contribution < 1.29 is 28.9 Å². The molecule has 0 saturated carbocycles. The minimum absolute atomic E-state index is 0.147. The lowest BCUT2D eigenvalue weighted by molar-refractivity contribution is -0.136. The average molecular weight is 252 g/mol. The highest BCUT2D eigenvalue weighted by Gasteiger charge is 2.30. The van der Waals surface area contributed by atoms with Crippen LogP contribution in [0.5, 0.6) is 11.5 Å². The van der Waals surface area contributed by atoms with Gasteiger partial charge >= 0.3 is 11.9 Å². The molecule has 18 heavy (non-hydrogen) atoms. The van der Waals surface area contributed by atoms with Gasteiger partial charge in [0.2, 0.25) is 0 Å². The fourth-order valence-electron chi connectivity index (χ4n) is 2.01. The lowest BCUT2D eigenvalue weighted by Crippen LogP contribution is -2.08. The second-order valence-corrected chi connectivity index (χ2v) is 3.77. The number of benzene rings is 1. The summed E-state index contributed by atoms with van der Waals surface area (Å²) in [7, 11) is 2.82. The maximum absolute atomic E-state index is 11.6. The Bertz CT molecular complexity index is 520. The Balaban J connectivity index is 2.65. The smallest absolute Gasteiger partial charge is 0.342 e. The summed E-state index contributed by atoms with van der Waals surface area (Å²) in [5, 5.41) is 8.89. The first-order valence-electron chi connectivity index (χ1n) is 5.24. The van der Waals surface area contributed by atoms with Gasteiger partial charge < -0.3 is 19.3 Å². The van der Waals surface area contributed by atoms with Gasteiger partial charge in [0.05, 0.1) is 20.6 Å². The molecule has 0 spiro atoms. The zero-order chi connectivity index (χ0) is 13.3. The van der Waals surface area contributed by atoms with Crippen molar-refractivity contribution in [2.45, 2.75) is 13.0 Å². The molecule has 0 unspecified atom stereocenters. The van der Waals surface area contributed by atoms with Gasteiger partial charge in [-0.1, -0.05) is 0 Å². The molecule has 1 aliphatic heterocycles. The normalized spacial score (nSPS) is 12.9. The van der Waals surface area contributed by atoms with E-state index in [1.165, 1.54) is 14.2 Å². The van der Waals surface area contributed by atoms with Gasteiger partial charge in [-0.2, -0.15) is 0 Å². The summed E-state index contributed by atoms with van der Waals surface area (Å²) in [6.07, 6.45) is -0.285. The molecule has 2 rings (SSSR count). The molecule has 1 aromatic rings. The molecule has 0 aromatic heterocycles. The van der Waals surface area contributed by atoms with Crippen molar-refractivity contribution in [2.24, 2.45) is 0 Å². The van der Waals surface area contributed by atoms with E-state index in [1.54, 1.807) is 6.07 Å². The van der Waals surface area contributed by atoms with Crippen LogP contribution in [0.2, 0.25) is 0 Å². The van der Waals surface area contributed by atoms with Crippen LogP contribution in [0.25, 0.3) is 0 Å². The Morgan fingerprint density at radius 2 is 2.17 bits per heavy atom. The van der Waals surface area contributed by atoms with Crippen molar-refractivity contribution in [2.75, 3.05) is 14.2 Å². The third-order valence-electron chi connectivity index (χ3n) is 2.74. The van der Waals surface area contributed by atoms with E-state index in [0.717, 1.165) is 0 Å². The molecule has 0 radical (unpaired) electrons. The Hall–Kier alpha value is -2.24. The Morgan fingerprint density at radius 3 is 2.72 bits per heavy atom. The largest absolute Gasteiger partial charge is 0.496 e. The summed E-state index contributed by atoms with van der Waals surface area (Å²) in [5.74, 6) is -0.936. The van der Waals surface area contributed by atoms with Gasteiger partial charge in [0, 0.05) is 11.1 Å². The summed E-state index contributed by atoms with van der Waals surface area (Å²) in [6.45, 7) is 0.147. The van der Waals surface area contributed by atoms with Crippen LogP contribution in [-0.4, -0.2) is 31.3 Å². The molecular weight excluding hydrogens is 240 g/mol. The third kappa shape index (κ3) is 1.85. The maximum Gasteiger partial charge on any atom is 0.342 e. The zero-order valence-electron chi connectivity index (χ0n) is 9.98. The van der Waals surface area contributed by atoms with Gasteiger partial charge in [0.1, 0.15) is 23.7 Å². The number of esters is 1. The number of ether oxygens (including phenoxy) is 3. The molecular formula is C12H12O6. The summed E-state index contributed by atoms with van der Waals surface area (Å²) < 4.78 is 15.2. The second kappa shape index (κ2) is 4.56. The average Bonchev–Trinajstić information content (AvgIpc) is 2.69. The zero-order valence-corrected chi connectivity index (χ0v) is 9.98. The van der Waals surface area contributed by atoms with E-state index in [2.05, 4.69) is 0 Å². The van der Waals surface area contributed by atoms with E-state index in [1.807, 2.05) is 0 Å². The fraction of sp³-hybridized carbons (Fsp3) is 0.333. The van der Waals surface area contributed by atoms with Crippen LogP contribution in [0.15, 0.2) is 6.07 Å². The Labute approximate surface area is 103 Å². The number of carboxylic acid groups (broad SMARTS) is 1. The highest BCUT2D eigenvalue weighted by molar-refractivity contribution is 5.98. The van der Waals surface area contributed by atoms with E-state index >= 15 is 0 Å². The molecule has 1 heterocycles. The molecule has 1 aliphatic rings. The van der Waals surface area contributed by atoms with Gasteiger partial charge in [-0.3, -0.25) is 4.79 Å². The molecule has 96 valence electrons. The Morgan fingerprint density at radius 1 is 1.44 bits per heavy atom. The quantitative estimate of drug-likeness (QED) is 0.805. The summed E-state index contributed by atoms with van der Waals surface area (Å²) in [5.41, 5.74) is 1.27. The molecule has 0 fully saturated rings. The highest BCUT2D eigenvalue weighted by Crippen LogP contribution is 2.39. The van der Waals surface area contributed by atoms with Gasteiger partial charge in [0.25, 0.3) is 0 Å². The molecule has 0 amide bonds. The topological polar surface area (TPSA) is 82.1 Å². The second-order valence-electron chi connectivity index (χ2n) is 3.77. The molecule has 1 aromatic carbocycles. The number of rotatable bonds is 4. The number of carbonyl (C=O) groups excluding carboxylic acids is 1. The summed E-state index contributed by atoms with van der Waals surface area (Å²) in [6, 6.07) is 1.61. The van der Waals surface area contributed by atoms with Gasteiger partial charge in [-0.25, -0.2) is 4.79 Å². The molecule has 0 bridgehead atoms. The Kier molecular flexibility index (Phi) is 3.10. The van der Waals surface area contributed by atoms with Gasteiger partial charge in [-0.05, 0) is 6.07 Å². The van der Waals surface area contributed by atoms with Crippen molar-refractivity contribution in [3.05, 3.63) is 22.8 Å². The highest BCUT2D eigenvalue weighted by atomic mass is 16.5. The number of hydrogen-bond donors (Lipinski definition) is 1. The van der Waals surface area contributed by atoms with E-state index in [4.69, 9.17) is 19.3 Å². The molecule has 0 aliphatic carbocycles. The van der Waals surface area contributed by atoms with Crippen LogP contribution in [0.1, 0.15) is 21.5 Å². The van der Waals surface area contributed by atoms with Crippen molar-refractivity contribution in [1.29, 1.82) is 0 Å². The number of carbonyl (C=O) groups is 2. The van der Waals surface area contributed by atoms with Gasteiger partial charge in [-0.15, -0.1) is 0 Å². The van der Waals surface area contributed by atoms with E-state index < -0.39 is 11.9 Å². The predicted molar refractivity (Wildman–Crippen MR) is 60.0 cm³/mol.